The molecular weight excluding hydrogens is 176 g/mol. The van der Waals surface area contributed by atoms with E-state index in [2.05, 4.69) is 18.8 Å². The number of hydrogen-bond donors (Lipinski definition) is 1. The van der Waals surface area contributed by atoms with Gasteiger partial charge in [-0.3, -0.25) is 4.98 Å². The summed E-state index contributed by atoms with van der Waals surface area (Å²) in [6.45, 7) is 5.58. The van der Waals surface area contributed by atoms with Gasteiger partial charge in [0.25, 0.3) is 0 Å². The van der Waals surface area contributed by atoms with Crippen molar-refractivity contribution >= 4 is 0 Å². The number of hydrogen-bond acceptors (Lipinski definition) is 3. The monoisotopic (exact) mass is 194 g/mol. The van der Waals surface area contributed by atoms with E-state index in [1.165, 1.54) is 0 Å². The molecule has 1 rings (SSSR count). The highest BCUT2D eigenvalue weighted by Crippen LogP contribution is 2.16. The number of pyridine rings is 1. The standard InChI is InChI=1S/C11H18N2O/c1-9(2)4-6-14-11-3-5-13-8-10(11)7-12/h3,5,8-9H,4,6-7,12H2,1-2H3. The second-order valence-corrected chi connectivity index (χ2v) is 3.72. The number of nitrogens with zero attached hydrogens (tertiary/aromatic N) is 1. The Kier molecular flexibility index (Phi) is 4.40. The Labute approximate surface area is 85.3 Å². The summed E-state index contributed by atoms with van der Waals surface area (Å²) in [4.78, 5) is 4.00. The van der Waals surface area contributed by atoms with Crippen molar-refractivity contribution in [3.05, 3.63) is 24.0 Å². The second kappa shape index (κ2) is 5.60. The third-order valence-corrected chi connectivity index (χ3v) is 2.03. The summed E-state index contributed by atoms with van der Waals surface area (Å²) in [5, 5.41) is 0. The third kappa shape index (κ3) is 3.34. The minimum absolute atomic E-state index is 0.477. The number of rotatable bonds is 5. The van der Waals surface area contributed by atoms with Gasteiger partial charge in [0.15, 0.2) is 0 Å². The van der Waals surface area contributed by atoms with Gasteiger partial charge in [0.1, 0.15) is 5.75 Å². The van der Waals surface area contributed by atoms with E-state index >= 15 is 0 Å². The van der Waals surface area contributed by atoms with Crippen LogP contribution in [0.3, 0.4) is 0 Å². The SMILES string of the molecule is CC(C)CCOc1ccncc1CN. The highest BCUT2D eigenvalue weighted by Gasteiger charge is 2.01. The molecule has 3 nitrogen and oxygen atoms in total. The fourth-order valence-electron chi connectivity index (χ4n) is 1.11. The summed E-state index contributed by atoms with van der Waals surface area (Å²) < 4.78 is 5.62. The number of ether oxygens (including phenoxy) is 1. The molecule has 0 aromatic carbocycles. The van der Waals surface area contributed by atoms with Gasteiger partial charge in [-0.25, -0.2) is 0 Å². The predicted molar refractivity (Wildman–Crippen MR) is 57.1 cm³/mol. The van der Waals surface area contributed by atoms with Gasteiger partial charge in [-0.15, -0.1) is 0 Å². The molecule has 0 bridgehead atoms. The summed E-state index contributed by atoms with van der Waals surface area (Å²) in [6, 6.07) is 1.86. The maximum Gasteiger partial charge on any atom is 0.126 e. The van der Waals surface area contributed by atoms with Crippen molar-refractivity contribution in [2.24, 2.45) is 11.7 Å². The van der Waals surface area contributed by atoms with Gasteiger partial charge in [-0.2, -0.15) is 0 Å². The molecule has 2 N–H and O–H groups in total. The molecule has 0 aliphatic rings. The van der Waals surface area contributed by atoms with E-state index in [-0.39, 0.29) is 0 Å². The van der Waals surface area contributed by atoms with Gasteiger partial charge in [0.2, 0.25) is 0 Å². The maximum atomic E-state index is 5.62. The van der Waals surface area contributed by atoms with Gasteiger partial charge in [0.05, 0.1) is 6.61 Å². The average molecular weight is 194 g/mol. The molecule has 1 aromatic rings. The van der Waals surface area contributed by atoms with E-state index in [0.717, 1.165) is 24.3 Å². The van der Waals surface area contributed by atoms with Gasteiger partial charge in [-0.05, 0) is 18.4 Å². The average Bonchev–Trinajstić information content (AvgIpc) is 2.18. The lowest BCUT2D eigenvalue weighted by atomic mass is 10.1. The molecule has 1 heterocycles. The molecular formula is C11H18N2O. The molecule has 3 heteroatoms. The van der Waals surface area contributed by atoms with Crippen LogP contribution in [0.25, 0.3) is 0 Å². The van der Waals surface area contributed by atoms with Crippen molar-refractivity contribution in [1.82, 2.24) is 4.98 Å². The van der Waals surface area contributed by atoms with Crippen LogP contribution in [0.4, 0.5) is 0 Å². The van der Waals surface area contributed by atoms with Crippen LogP contribution in [-0.4, -0.2) is 11.6 Å². The molecule has 0 unspecified atom stereocenters. The van der Waals surface area contributed by atoms with E-state index in [4.69, 9.17) is 10.5 Å². The summed E-state index contributed by atoms with van der Waals surface area (Å²) in [5.74, 6) is 1.53. The van der Waals surface area contributed by atoms with Crippen molar-refractivity contribution in [1.29, 1.82) is 0 Å². The quantitative estimate of drug-likeness (QED) is 0.779. The van der Waals surface area contributed by atoms with Crippen LogP contribution in [0.1, 0.15) is 25.8 Å². The van der Waals surface area contributed by atoms with Gasteiger partial charge >= 0.3 is 0 Å². The summed E-state index contributed by atoms with van der Waals surface area (Å²) in [7, 11) is 0. The summed E-state index contributed by atoms with van der Waals surface area (Å²) >= 11 is 0. The second-order valence-electron chi connectivity index (χ2n) is 3.72. The molecule has 0 saturated carbocycles. The van der Waals surface area contributed by atoms with Crippen LogP contribution in [0.15, 0.2) is 18.5 Å². The zero-order valence-corrected chi connectivity index (χ0v) is 8.86. The molecule has 0 spiro atoms. The lowest BCUT2D eigenvalue weighted by molar-refractivity contribution is 0.286. The Hall–Kier alpha value is -1.09. The van der Waals surface area contributed by atoms with E-state index in [9.17, 15) is 0 Å². The van der Waals surface area contributed by atoms with Crippen molar-refractivity contribution < 1.29 is 4.74 Å². The largest absolute Gasteiger partial charge is 0.493 e. The molecule has 1 aromatic heterocycles. The third-order valence-electron chi connectivity index (χ3n) is 2.03. The number of nitrogens with two attached hydrogens (primary N) is 1. The first-order chi connectivity index (χ1) is 6.74. The molecule has 0 fully saturated rings. The molecule has 0 saturated heterocycles. The van der Waals surface area contributed by atoms with Crippen LogP contribution in [-0.2, 0) is 6.54 Å². The first-order valence-corrected chi connectivity index (χ1v) is 4.99. The van der Waals surface area contributed by atoms with Crippen LogP contribution < -0.4 is 10.5 Å². The normalized spacial score (nSPS) is 10.6. The minimum atomic E-state index is 0.477. The predicted octanol–water partition coefficient (Wildman–Crippen LogP) is 1.97. The summed E-state index contributed by atoms with van der Waals surface area (Å²) in [5.41, 5.74) is 6.53. The van der Waals surface area contributed by atoms with Crippen LogP contribution in [0, 0.1) is 5.92 Å². The summed E-state index contributed by atoms with van der Waals surface area (Å²) in [6.07, 6.45) is 4.54. The highest BCUT2D eigenvalue weighted by molar-refractivity contribution is 5.29. The van der Waals surface area contributed by atoms with Crippen molar-refractivity contribution in [2.75, 3.05) is 6.61 Å². The molecule has 0 atom stereocenters. The smallest absolute Gasteiger partial charge is 0.126 e. The lowest BCUT2D eigenvalue weighted by Crippen LogP contribution is -2.05. The molecule has 0 radical (unpaired) electrons. The van der Waals surface area contributed by atoms with Crippen molar-refractivity contribution in [3.8, 4) is 5.75 Å². The van der Waals surface area contributed by atoms with Crippen molar-refractivity contribution in [3.63, 3.8) is 0 Å². The van der Waals surface area contributed by atoms with E-state index in [0.29, 0.717) is 12.5 Å². The Morgan fingerprint density at radius 3 is 2.93 bits per heavy atom. The highest BCUT2D eigenvalue weighted by atomic mass is 16.5. The first-order valence-electron chi connectivity index (χ1n) is 4.99. The molecule has 0 aliphatic carbocycles. The van der Waals surface area contributed by atoms with Gasteiger partial charge in [-0.1, -0.05) is 13.8 Å². The Morgan fingerprint density at radius 1 is 1.50 bits per heavy atom. The van der Waals surface area contributed by atoms with Gasteiger partial charge < -0.3 is 10.5 Å². The van der Waals surface area contributed by atoms with Crippen LogP contribution >= 0.6 is 0 Å². The van der Waals surface area contributed by atoms with Crippen LogP contribution in [0.5, 0.6) is 5.75 Å². The van der Waals surface area contributed by atoms with Crippen LogP contribution in [0.2, 0.25) is 0 Å². The maximum absolute atomic E-state index is 5.62. The molecule has 0 amide bonds. The fourth-order valence-corrected chi connectivity index (χ4v) is 1.11. The Morgan fingerprint density at radius 2 is 2.29 bits per heavy atom. The minimum Gasteiger partial charge on any atom is -0.493 e. The van der Waals surface area contributed by atoms with E-state index < -0.39 is 0 Å². The number of aromatic nitrogens is 1. The Balaban J connectivity index is 2.49. The lowest BCUT2D eigenvalue weighted by Gasteiger charge is -2.10. The Bertz CT molecular complexity index is 274. The van der Waals surface area contributed by atoms with E-state index in [1.807, 2.05) is 6.07 Å². The van der Waals surface area contributed by atoms with E-state index in [1.54, 1.807) is 12.4 Å². The van der Waals surface area contributed by atoms with Crippen molar-refractivity contribution in [2.45, 2.75) is 26.8 Å². The first kappa shape index (κ1) is 11.0. The zero-order chi connectivity index (χ0) is 10.4. The molecule has 14 heavy (non-hydrogen) atoms. The molecule has 0 aliphatic heterocycles. The van der Waals surface area contributed by atoms with Gasteiger partial charge in [0, 0.05) is 24.5 Å². The fraction of sp³-hybridized carbons (Fsp3) is 0.545. The zero-order valence-electron chi connectivity index (χ0n) is 8.86. The topological polar surface area (TPSA) is 48.1 Å². The molecule has 78 valence electrons.